The molecule has 1 aliphatic carbocycles. The van der Waals surface area contributed by atoms with Gasteiger partial charge in [-0.15, -0.1) is 5.10 Å². The number of hydrogen-bond acceptors (Lipinski definition) is 5. The van der Waals surface area contributed by atoms with Crippen LogP contribution in [0.2, 0.25) is 5.15 Å². The van der Waals surface area contributed by atoms with Crippen LogP contribution in [0.15, 0.2) is 47.8 Å². The maximum Gasteiger partial charge on any atom is 0.266 e. The fourth-order valence-electron chi connectivity index (χ4n) is 4.37. The van der Waals surface area contributed by atoms with E-state index in [9.17, 15) is 4.79 Å². The molecule has 0 aromatic carbocycles. The van der Waals surface area contributed by atoms with E-state index in [0.717, 1.165) is 47.7 Å². The van der Waals surface area contributed by atoms with E-state index >= 15 is 0 Å². The van der Waals surface area contributed by atoms with Gasteiger partial charge in [0.05, 0.1) is 11.7 Å². The number of ether oxygens (including phenoxy) is 1. The maximum atomic E-state index is 11.5. The van der Waals surface area contributed by atoms with E-state index in [2.05, 4.69) is 25.9 Å². The van der Waals surface area contributed by atoms with Crippen molar-refractivity contribution in [3.63, 3.8) is 0 Å². The summed E-state index contributed by atoms with van der Waals surface area (Å²) in [6.07, 6.45) is 11.8. The number of rotatable bonds is 4. The van der Waals surface area contributed by atoms with Crippen molar-refractivity contribution in [1.82, 2.24) is 29.1 Å². The second-order valence-corrected chi connectivity index (χ2v) is 8.45. The molecule has 160 valence electrons. The molecular weight excluding hydrogens is 416 g/mol. The van der Waals surface area contributed by atoms with Gasteiger partial charge in [-0.25, -0.2) is 9.67 Å². The molecule has 4 aromatic rings. The smallest absolute Gasteiger partial charge is 0.266 e. The minimum atomic E-state index is -0.145. The highest BCUT2D eigenvalue weighted by Crippen LogP contribution is 2.38. The lowest BCUT2D eigenvalue weighted by molar-refractivity contribution is 0.126. The van der Waals surface area contributed by atoms with Crippen LogP contribution in [0.1, 0.15) is 31.7 Å². The van der Waals surface area contributed by atoms with Crippen molar-refractivity contribution >= 4 is 22.5 Å². The highest BCUT2D eigenvalue weighted by Gasteiger charge is 2.26. The monoisotopic (exact) mass is 438 g/mol. The molecular formula is C22H23ClN6O2. The zero-order valence-electron chi connectivity index (χ0n) is 17.4. The minimum Gasteiger partial charge on any atom is -0.473 e. The Kier molecular flexibility index (Phi) is 5.02. The van der Waals surface area contributed by atoms with Crippen molar-refractivity contribution in [2.24, 2.45) is 14.1 Å². The molecule has 1 fully saturated rings. The average Bonchev–Trinajstić information content (AvgIpc) is 3.34. The Labute approximate surface area is 184 Å². The lowest BCUT2D eigenvalue weighted by atomic mass is 9.92. The number of nitrogens with zero attached hydrogens (tertiary/aromatic N) is 6. The molecule has 0 unspecified atom stereocenters. The summed E-state index contributed by atoms with van der Waals surface area (Å²) in [6, 6.07) is 5.41. The number of pyridine rings is 1. The van der Waals surface area contributed by atoms with Gasteiger partial charge in [0.25, 0.3) is 5.56 Å². The van der Waals surface area contributed by atoms with Crippen LogP contribution in [0.5, 0.6) is 5.88 Å². The Morgan fingerprint density at radius 2 is 1.90 bits per heavy atom. The van der Waals surface area contributed by atoms with E-state index in [0.29, 0.717) is 17.1 Å². The summed E-state index contributed by atoms with van der Waals surface area (Å²) in [5.74, 6) is 0.494. The van der Waals surface area contributed by atoms with Crippen LogP contribution in [-0.4, -0.2) is 35.2 Å². The molecule has 0 aliphatic heterocycles. The summed E-state index contributed by atoms with van der Waals surface area (Å²) >= 11 is 6.23. The normalized spacial score (nSPS) is 19.1. The van der Waals surface area contributed by atoms with Gasteiger partial charge in [0, 0.05) is 67.4 Å². The van der Waals surface area contributed by atoms with Crippen molar-refractivity contribution in [2.45, 2.75) is 37.8 Å². The van der Waals surface area contributed by atoms with Crippen molar-refractivity contribution in [1.29, 1.82) is 0 Å². The van der Waals surface area contributed by atoms with E-state index < -0.39 is 0 Å². The van der Waals surface area contributed by atoms with Crippen LogP contribution in [0.3, 0.4) is 0 Å². The van der Waals surface area contributed by atoms with Crippen LogP contribution < -0.4 is 10.3 Å². The van der Waals surface area contributed by atoms with Crippen molar-refractivity contribution in [3.05, 3.63) is 58.5 Å². The summed E-state index contributed by atoms with van der Waals surface area (Å²) in [5.41, 5.74) is 3.12. The van der Waals surface area contributed by atoms with Gasteiger partial charge in [-0.3, -0.25) is 9.48 Å². The van der Waals surface area contributed by atoms with E-state index in [1.54, 1.807) is 17.8 Å². The molecule has 0 radical (unpaired) electrons. The summed E-state index contributed by atoms with van der Waals surface area (Å²) in [4.78, 5) is 15.8. The van der Waals surface area contributed by atoms with Gasteiger partial charge in [0.2, 0.25) is 5.88 Å². The molecule has 9 heteroatoms. The Morgan fingerprint density at radius 1 is 1.10 bits per heavy atom. The van der Waals surface area contributed by atoms with Gasteiger partial charge in [-0.2, -0.15) is 5.10 Å². The minimum absolute atomic E-state index is 0.0890. The van der Waals surface area contributed by atoms with Gasteiger partial charge in [-0.05, 0) is 31.7 Å². The second kappa shape index (κ2) is 7.85. The number of halogens is 1. The van der Waals surface area contributed by atoms with E-state index in [4.69, 9.17) is 16.3 Å². The lowest BCUT2D eigenvalue weighted by Gasteiger charge is -2.30. The lowest BCUT2D eigenvalue weighted by Crippen LogP contribution is -2.27. The van der Waals surface area contributed by atoms with Crippen molar-refractivity contribution in [3.8, 4) is 17.0 Å². The van der Waals surface area contributed by atoms with Crippen LogP contribution in [0.4, 0.5) is 0 Å². The van der Waals surface area contributed by atoms with E-state index in [-0.39, 0.29) is 11.7 Å². The standard InChI is InChI=1S/C22H23ClN6O2/c1-27-12-14(10-25-27)18-13-29(19-9-20(23)24-11-17(18)19)15-3-5-16(6-4-15)31-21-7-8-22(30)28(2)26-21/h7-13,15-16H,3-6H2,1-2H3. The number of fused-ring (bicyclic) bond motifs is 1. The molecule has 31 heavy (non-hydrogen) atoms. The number of aryl methyl sites for hydroxylation is 2. The molecule has 0 amide bonds. The van der Waals surface area contributed by atoms with E-state index in [1.165, 1.54) is 10.7 Å². The fourth-order valence-corrected chi connectivity index (χ4v) is 4.52. The van der Waals surface area contributed by atoms with Crippen LogP contribution in [0.25, 0.3) is 22.0 Å². The first-order valence-electron chi connectivity index (χ1n) is 10.3. The van der Waals surface area contributed by atoms with Crippen LogP contribution >= 0.6 is 11.6 Å². The van der Waals surface area contributed by atoms with Gasteiger partial charge in [0.1, 0.15) is 11.3 Å². The molecule has 1 aliphatic rings. The average molecular weight is 439 g/mol. The molecule has 0 saturated heterocycles. The Bertz CT molecular complexity index is 1300. The quantitative estimate of drug-likeness (QED) is 0.453. The molecule has 4 aromatic heterocycles. The van der Waals surface area contributed by atoms with Gasteiger partial charge < -0.3 is 9.30 Å². The third-order valence-corrected chi connectivity index (χ3v) is 6.17. The number of hydrogen-bond donors (Lipinski definition) is 0. The largest absolute Gasteiger partial charge is 0.473 e. The van der Waals surface area contributed by atoms with Crippen LogP contribution in [0, 0.1) is 0 Å². The summed E-state index contributed by atoms with van der Waals surface area (Å²) in [5, 5.41) is 10.1. The Balaban J connectivity index is 1.38. The van der Waals surface area contributed by atoms with Crippen molar-refractivity contribution < 1.29 is 4.74 Å². The van der Waals surface area contributed by atoms with Crippen LogP contribution in [-0.2, 0) is 14.1 Å². The van der Waals surface area contributed by atoms with Gasteiger partial charge in [-0.1, -0.05) is 11.6 Å². The molecule has 0 bridgehead atoms. The molecule has 8 nitrogen and oxygen atoms in total. The summed E-state index contributed by atoms with van der Waals surface area (Å²) < 4.78 is 11.5. The predicted molar refractivity (Wildman–Crippen MR) is 118 cm³/mol. The van der Waals surface area contributed by atoms with Gasteiger partial charge >= 0.3 is 0 Å². The Morgan fingerprint density at radius 3 is 2.61 bits per heavy atom. The zero-order valence-corrected chi connectivity index (χ0v) is 18.2. The van der Waals surface area contributed by atoms with Crippen molar-refractivity contribution in [2.75, 3.05) is 0 Å². The third-order valence-electron chi connectivity index (χ3n) is 5.96. The first-order chi connectivity index (χ1) is 15.0. The molecule has 4 heterocycles. The van der Waals surface area contributed by atoms with E-state index in [1.807, 2.05) is 31.7 Å². The Hall–Kier alpha value is -3.13. The maximum absolute atomic E-state index is 11.5. The molecule has 0 spiro atoms. The molecule has 1 saturated carbocycles. The first-order valence-corrected chi connectivity index (χ1v) is 10.7. The number of aromatic nitrogens is 6. The highest BCUT2D eigenvalue weighted by molar-refractivity contribution is 6.30. The molecule has 0 atom stereocenters. The second-order valence-electron chi connectivity index (χ2n) is 8.06. The fraction of sp³-hybridized carbons (Fsp3) is 0.364. The summed E-state index contributed by atoms with van der Waals surface area (Å²) in [7, 11) is 3.54. The summed E-state index contributed by atoms with van der Waals surface area (Å²) in [6.45, 7) is 0. The van der Waals surface area contributed by atoms with Gasteiger partial charge in [0.15, 0.2) is 0 Å². The molecule has 5 rings (SSSR count). The zero-order chi connectivity index (χ0) is 21.5. The first kappa shape index (κ1) is 19.8. The predicted octanol–water partition coefficient (Wildman–Crippen LogP) is 3.75. The SMILES string of the molecule is Cn1cc(-c2cn(C3CCC(Oc4ccc(=O)n(C)n4)CC3)c3cc(Cl)ncc23)cn1. The third kappa shape index (κ3) is 3.83. The highest BCUT2D eigenvalue weighted by atomic mass is 35.5. The topological polar surface area (TPSA) is 79.8 Å². The molecule has 0 N–H and O–H groups in total.